The number of aryl methyl sites for hydroxylation is 1. The van der Waals surface area contributed by atoms with Gasteiger partial charge in [0.2, 0.25) is 11.8 Å². The third kappa shape index (κ3) is 5.87. The van der Waals surface area contributed by atoms with Crippen LogP contribution in [0.3, 0.4) is 0 Å². The van der Waals surface area contributed by atoms with E-state index >= 15 is 0 Å². The van der Waals surface area contributed by atoms with E-state index in [0.717, 1.165) is 0 Å². The van der Waals surface area contributed by atoms with Crippen molar-refractivity contribution in [3.63, 3.8) is 0 Å². The number of amides is 2. The number of nitrogens with one attached hydrogen (secondary N) is 2. The van der Waals surface area contributed by atoms with Crippen LogP contribution in [0.25, 0.3) is 0 Å². The van der Waals surface area contributed by atoms with Gasteiger partial charge in [-0.25, -0.2) is 4.39 Å². The van der Waals surface area contributed by atoms with Crippen molar-refractivity contribution in [2.24, 2.45) is 0 Å². The predicted molar refractivity (Wildman–Crippen MR) is 97.8 cm³/mol. The minimum absolute atomic E-state index is 0.152. The van der Waals surface area contributed by atoms with Gasteiger partial charge in [-0.1, -0.05) is 11.2 Å². The summed E-state index contributed by atoms with van der Waals surface area (Å²) in [5, 5.41) is 9.11. The van der Waals surface area contributed by atoms with Crippen LogP contribution in [0.15, 0.2) is 34.9 Å². The molecule has 1 fully saturated rings. The van der Waals surface area contributed by atoms with Crippen LogP contribution in [0.4, 0.5) is 15.9 Å². The number of carbonyl (C=O) groups excluding carboxylic acids is 2. The molecule has 1 saturated heterocycles. The predicted octanol–water partition coefficient (Wildman–Crippen LogP) is 1.32. The van der Waals surface area contributed by atoms with Gasteiger partial charge in [-0.3, -0.25) is 19.4 Å². The number of hydrogen-bond acceptors (Lipinski definition) is 6. The average molecular weight is 375 g/mol. The van der Waals surface area contributed by atoms with Gasteiger partial charge in [0.05, 0.1) is 13.1 Å². The minimum atomic E-state index is -0.388. The van der Waals surface area contributed by atoms with Crippen LogP contribution in [-0.2, 0) is 9.59 Å². The van der Waals surface area contributed by atoms with Gasteiger partial charge in [0.15, 0.2) is 5.82 Å². The molecule has 0 unspecified atom stereocenters. The van der Waals surface area contributed by atoms with Crippen LogP contribution < -0.4 is 10.6 Å². The molecule has 1 aromatic heterocycles. The Labute approximate surface area is 156 Å². The van der Waals surface area contributed by atoms with Crippen molar-refractivity contribution >= 4 is 23.3 Å². The summed E-state index contributed by atoms with van der Waals surface area (Å²) in [7, 11) is 0. The Morgan fingerprint density at radius 3 is 2.26 bits per heavy atom. The third-order valence-electron chi connectivity index (χ3n) is 4.20. The molecule has 3 rings (SSSR count). The molecule has 0 atom stereocenters. The Bertz CT molecular complexity index is 802. The summed E-state index contributed by atoms with van der Waals surface area (Å²) in [5.74, 6) is 0.315. The molecule has 27 heavy (non-hydrogen) atoms. The fourth-order valence-electron chi connectivity index (χ4n) is 2.89. The van der Waals surface area contributed by atoms with Crippen molar-refractivity contribution in [1.82, 2.24) is 15.0 Å². The summed E-state index contributed by atoms with van der Waals surface area (Å²) in [4.78, 5) is 28.1. The Kier molecular flexibility index (Phi) is 6.15. The monoisotopic (exact) mass is 375 g/mol. The number of nitrogens with zero attached hydrogens (tertiary/aromatic N) is 3. The highest BCUT2D eigenvalue weighted by molar-refractivity contribution is 5.92. The zero-order chi connectivity index (χ0) is 19.2. The number of anilines is 2. The molecule has 8 nitrogen and oxygen atoms in total. The van der Waals surface area contributed by atoms with E-state index in [1.807, 2.05) is 9.80 Å². The third-order valence-corrected chi connectivity index (χ3v) is 4.20. The first-order valence-electron chi connectivity index (χ1n) is 8.71. The molecule has 1 aliphatic heterocycles. The summed E-state index contributed by atoms with van der Waals surface area (Å²) in [6.07, 6.45) is 0. The first kappa shape index (κ1) is 19.0. The fraction of sp³-hybridized carbons (Fsp3) is 0.389. The number of halogens is 1. The smallest absolute Gasteiger partial charge is 0.239 e. The van der Waals surface area contributed by atoms with Crippen molar-refractivity contribution in [2.75, 3.05) is 49.9 Å². The zero-order valence-corrected chi connectivity index (χ0v) is 15.1. The van der Waals surface area contributed by atoms with E-state index in [1.165, 1.54) is 12.1 Å². The molecule has 0 spiro atoms. The Balaban J connectivity index is 1.38. The van der Waals surface area contributed by atoms with E-state index in [0.29, 0.717) is 43.4 Å². The molecular formula is C18H22FN5O3. The number of piperazine rings is 1. The standard InChI is InChI=1S/C18H22FN5O3/c1-13-9-16(22-27-13)21-18(26)12-24-7-5-23(6-8-24)11-17(25)20-15-4-2-3-14(19)10-15/h2-4,9-10H,5-8,11-12H2,1H3,(H,20,25)(H,21,22,26). The van der Waals surface area contributed by atoms with E-state index in [9.17, 15) is 14.0 Å². The van der Waals surface area contributed by atoms with Gasteiger partial charge in [0, 0.05) is 37.9 Å². The second-order valence-electron chi connectivity index (χ2n) is 6.48. The summed E-state index contributed by atoms with van der Waals surface area (Å²) in [6.45, 7) is 4.95. The van der Waals surface area contributed by atoms with Crippen molar-refractivity contribution in [1.29, 1.82) is 0 Å². The lowest BCUT2D eigenvalue weighted by Crippen LogP contribution is -2.50. The van der Waals surface area contributed by atoms with Crippen LogP contribution in [0.5, 0.6) is 0 Å². The van der Waals surface area contributed by atoms with E-state index in [2.05, 4.69) is 15.8 Å². The number of carbonyl (C=O) groups is 2. The molecule has 0 bridgehead atoms. The molecule has 9 heteroatoms. The lowest BCUT2D eigenvalue weighted by atomic mass is 10.3. The number of rotatable bonds is 6. The molecule has 144 valence electrons. The van der Waals surface area contributed by atoms with Gasteiger partial charge in [-0.2, -0.15) is 0 Å². The highest BCUT2D eigenvalue weighted by Crippen LogP contribution is 2.10. The van der Waals surface area contributed by atoms with Gasteiger partial charge in [0.1, 0.15) is 11.6 Å². The lowest BCUT2D eigenvalue weighted by Gasteiger charge is -2.33. The molecule has 0 saturated carbocycles. The largest absolute Gasteiger partial charge is 0.360 e. The maximum Gasteiger partial charge on any atom is 0.239 e. The molecule has 1 aliphatic rings. The summed E-state index contributed by atoms with van der Waals surface area (Å²) < 4.78 is 18.1. The maximum atomic E-state index is 13.2. The summed E-state index contributed by atoms with van der Waals surface area (Å²) in [6, 6.07) is 7.47. The average Bonchev–Trinajstić information content (AvgIpc) is 3.01. The van der Waals surface area contributed by atoms with Crippen molar-refractivity contribution in [3.05, 3.63) is 41.9 Å². The molecule has 2 heterocycles. The van der Waals surface area contributed by atoms with Crippen LogP contribution in [-0.4, -0.2) is 66.0 Å². The highest BCUT2D eigenvalue weighted by Gasteiger charge is 2.21. The number of hydrogen-bond donors (Lipinski definition) is 2. The molecule has 1 aromatic carbocycles. The zero-order valence-electron chi connectivity index (χ0n) is 15.1. The Hall–Kier alpha value is -2.78. The second kappa shape index (κ2) is 8.74. The van der Waals surface area contributed by atoms with Crippen molar-refractivity contribution < 1.29 is 18.5 Å². The van der Waals surface area contributed by atoms with Crippen LogP contribution in [0, 0.1) is 12.7 Å². The highest BCUT2D eigenvalue weighted by atomic mass is 19.1. The second-order valence-corrected chi connectivity index (χ2v) is 6.48. The molecule has 2 N–H and O–H groups in total. The van der Waals surface area contributed by atoms with Gasteiger partial charge >= 0.3 is 0 Å². The number of benzene rings is 1. The number of aromatic nitrogens is 1. The minimum Gasteiger partial charge on any atom is -0.360 e. The Morgan fingerprint density at radius 2 is 1.70 bits per heavy atom. The van der Waals surface area contributed by atoms with Gasteiger partial charge in [-0.05, 0) is 25.1 Å². The normalized spacial score (nSPS) is 15.5. The van der Waals surface area contributed by atoms with Crippen LogP contribution in [0.1, 0.15) is 5.76 Å². The van der Waals surface area contributed by atoms with Gasteiger partial charge < -0.3 is 15.2 Å². The SMILES string of the molecule is Cc1cc(NC(=O)CN2CCN(CC(=O)Nc3cccc(F)c3)CC2)no1. The summed E-state index contributed by atoms with van der Waals surface area (Å²) >= 11 is 0. The molecule has 0 radical (unpaired) electrons. The molecule has 0 aliphatic carbocycles. The maximum absolute atomic E-state index is 13.2. The molecule has 2 aromatic rings. The van der Waals surface area contributed by atoms with Gasteiger partial charge in [-0.15, -0.1) is 0 Å². The van der Waals surface area contributed by atoms with Crippen molar-refractivity contribution in [2.45, 2.75) is 6.92 Å². The fourth-order valence-corrected chi connectivity index (χ4v) is 2.89. The van der Waals surface area contributed by atoms with Crippen LogP contribution in [0.2, 0.25) is 0 Å². The Morgan fingerprint density at radius 1 is 1.07 bits per heavy atom. The van der Waals surface area contributed by atoms with Crippen molar-refractivity contribution in [3.8, 4) is 0 Å². The van der Waals surface area contributed by atoms with E-state index in [4.69, 9.17) is 4.52 Å². The lowest BCUT2D eigenvalue weighted by molar-refractivity contribution is -0.120. The van der Waals surface area contributed by atoms with E-state index in [1.54, 1.807) is 25.1 Å². The molecular weight excluding hydrogens is 353 g/mol. The topological polar surface area (TPSA) is 90.7 Å². The van der Waals surface area contributed by atoms with E-state index in [-0.39, 0.29) is 30.7 Å². The first-order valence-corrected chi connectivity index (χ1v) is 8.71. The quantitative estimate of drug-likeness (QED) is 0.791. The molecule has 2 amide bonds. The first-order chi connectivity index (χ1) is 13.0. The van der Waals surface area contributed by atoms with Crippen LogP contribution >= 0.6 is 0 Å². The summed E-state index contributed by atoms with van der Waals surface area (Å²) in [5.41, 5.74) is 0.443. The van der Waals surface area contributed by atoms with E-state index < -0.39 is 0 Å². The van der Waals surface area contributed by atoms with Gasteiger partial charge in [0.25, 0.3) is 0 Å².